The van der Waals surface area contributed by atoms with E-state index in [-0.39, 0.29) is 17.5 Å². The van der Waals surface area contributed by atoms with E-state index in [0.29, 0.717) is 22.0 Å². The Morgan fingerprint density at radius 2 is 1.58 bits per heavy atom. The van der Waals surface area contributed by atoms with E-state index in [1.807, 2.05) is 66.9 Å². The smallest absolute Gasteiger partial charge is 0.293 e. The molecule has 0 saturated carbocycles. The maximum Gasteiger partial charge on any atom is 0.293 e. The first-order valence-electron chi connectivity index (χ1n) is 11.7. The summed E-state index contributed by atoms with van der Waals surface area (Å²) in [6.45, 7) is -0.0182. The highest BCUT2D eigenvalue weighted by molar-refractivity contribution is 8.18. The molecule has 3 heterocycles. The van der Waals surface area contributed by atoms with Crippen LogP contribution in [0.3, 0.4) is 0 Å². The Balaban J connectivity index is 1.29. The SMILES string of the molecule is O=C1S/C(=C\c2cn(-c3ccccc3)nc2-c2ccccc2)C(=O)N1Cc1cn(-c2cccc(O)c2)nn1. The van der Waals surface area contributed by atoms with E-state index >= 15 is 0 Å². The van der Waals surface area contributed by atoms with Gasteiger partial charge in [0.1, 0.15) is 11.4 Å². The number of carbonyl (C=O) groups excluding carboxylic acids is 2. The second kappa shape index (κ2) is 9.83. The highest BCUT2D eigenvalue weighted by Crippen LogP contribution is 2.35. The van der Waals surface area contributed by atoms with Gasteiger partial charge in [-0.3, -0.25) is 14.5 Å². The number of benzene rings is 3. The summed E-state index contributed by atoms with van der Waals surface area (Å²) in [5.74, 6) is -0.306. The number of para-hydroxylation sites is 1. The molecule has 6 rings (SSSR count). The van der Waals surface area contributed by atoms with Crippen molar-refractivity contribution in [2.45, 2.75) is 6.54 Å². The largest absolute Gasteiger partial charge is 0.508 e. The number of hydrogen-bond donors (Lipinski definition) is 1. The van der Waals surface area contributed by atoms with E-state index < -0.39 is 5.91 Å². The number of amides is 2. The third-order valence-corrected chi connectivity index (χ3v) is 6.83. The summed E-state index contributed by atoms with van der Waals surface area (Å²) in [5, 5.41) is 22.3. The van der Waals surface area contributed by atoms with E-state index in [1.165, 1.54) is 4.68 Å². The van der Waals surface area contributed by atoms with Gasteiger partial charge in [-0.1, -0.05) is 59.8 Å². The average molecular weight is 521 g/mol. The minimum atomic E-state index is -0.404. The van der Waals surface area contributed by atoms with E-state index in [2.05, 4.69) is 10.3 Å². The number of imide groups is 1. The highest BCUT2D eigenvalue weighted by Gasteiger charge is 2.36. The standard InChI is InChI=1S/C28H20N6O3S/c35-24-13-7-12-23(15-24)34-18-21(29-31-34)17-32-27(36)25(38-28(32)37)14-20-16-33(22-10-5-2-6-11-22)30-26(20)19-8-3-1-4-9-19/h1-16,18,35H,17H2/b25-14-. The molecule has 3 aromatic carbocycles. The lowest BCUT2D eigenvalue weighted by Gasteiger charge is -2.09. The molecule has 0 unspecified atom stereocenters. The molecule has 5 aromatic rings. The molecular weight excluding hydrogens is 500 g/mol. The van der Waals surface area contributed by atoms with Crippen LogP contribution in [0.25, 0.3) is 28.7 Å². The first-order valence-corrected chi connectivity index (χ1v) is 12.5. The summed E-state index contributed by atoms with van der Waals surface area (Å²) in [4.78, 5) is 27.5. The van der Waals surface area contributed by atoms with E-state index in [4.69, 9.17) is 5.10 Å². The van der Waals surface area contributed by atoms with Gasteiger partial charge in [-0.25, -0.2) is 9.36 Å². The summed E-state index contributed by atoms with van der Waals surface area (Å²) in [7, 11) is 0. The van der Waals surface area contributed by atoms with Gasteiger partial charge < -0.3 is 5.11 Å². The highest BCUT2D eigenvalue weighted by atomic mass is 32.2. The third kappa shape index (κ3) is 4.60. The van der Waals surface area contributed by atoms with Gasteiger partial charge in [-0.15, -0.1) is 5.10 Å². The van der Waals surface area contributed by atoms with Gasteiger partial charge in [0.25, 0.3) is 11.1 Å². The Hall–Kier alpha value is -4.96. The summed E-state index contributed by atoms with van der Waals surface area (Å²) in [5.41, 5.74) is 4.26. The second-order valence-electron chi connectivity index (χ2n) is 8.52. The summed E-state index contributed by atoms with van der Waals surface area (Å²) < 4.78 is 3.24. The number of hydrogen-bond acceptors (Lipinski definition) is 7. The number of carbonyl (C=O) groups is 2. The van der Waals surface area contributed by atoms with Gasteiger partial charge in [-0.05, 0) is 42.1 Å². The fraction of sp³-hybridized carbons (Fsp3) is 0.0357. The van der Waals surface area contributed by atoms with Gasteiger partial charge in [0.15, 0.2) is 0 Å². The predicted octanol–water partition coefficient (Wildman–Crippen LogP) is 5.06. The van der Waals surface area contributed by atoms with Crippen LogP contribution in [0.1, 0.15) is 11.3 Å². The Labute approximate surface area is 221 Å². The van der Waals surface area contributed by atoms with Crippen LogP contribution in [-0.2, 0) is 11.3 Å². The number of thioether (sulfide) groups is 1. The monoisotopic (exact) mass is 520 g/mol. The van der Waals surface area contributed by atoms with Crippen molar-refractivity contribution >= 4 is 29.0 Å². The molecule has 2 aromatic heterocycles. The van der Waals surface area contributed by atoms with Crippen molar-refractivity contribution in [3.63, 3.8) is 0 Å². The molecule has 9 nitrogen and oxygen atoms in total. The molecule has 0 radical (unpaired) electrons. The van der Waals surface area contributed by atoms with Crippen LogP contribution in [0.5, 0.6) is 5.75 Å². The Bertz CT molecular complexity index is 1680. The van der Waals surface area contributed by atoms with Crippen LogP contribution in [0, 0.1) is 0 Å². The molecule has 38 heavy (non-hydrogen) atoms. The zero-order valence-corrected chi connectivity index (χ0v) is 20.7. The van der Waals surface area contributed by atoms with Crippen molar-refractivity contribution < 1.29 is 14.7 Å². The molecule has 1 saturated heterocycles. The van der Waals surface area contributed by atoms with Crippen LogP contribution in [-0.4, -0.2) is 45.9 Å². The quantitative estimate of drug-likeness (QED) is 0.312. The first-order chi connectivity index (χ1) is 18.5. The fourth-order valence-electron chi connectivity index (χ4n) is 4.10. The van der Waals surface area contributed by atoms with Crippen molar-refractivity contribution in [2.75, 3.05) is 0 Å². The summed E-state index contributed by atoms with van der Waals surface area (Å²) >= 11 is 0.883. The number of nitrogens with zero attached hydrogens (tertiary/aromatic N) is 6. The second-order valence-corrected chi connectivity index (χ2v) is 9.51. The molecule has 0 bridgehead atoms. The van der Waals surface area contributed by atoms with Gasteiger partial charge in [0, 0.05) is 23.4 Å². The molecule has 0 atom stereocenters. The van der Waals surface area contributed by atoms with Crippen LogP contribution in [0.15, 0.2) is 102 Å². The Morgan fingerprint density at radius 3 is 2.34 bits per heavy atom. The number of phenolic OH excluding ortho intramolecular Hbond substituents is 1. The number of aromatic nitrogens is 5. The lowest BCUT2D eigenvalue weighted by atomic mass is 10.1. The lowest BCUT2D eigenvalue weighted by molar-refractivity contribution is -0.123. The predicted molar refractivity (Wildman–Crippen MR) is 144 cm³/mol. The average Bonchev–Trinajstić information content (AvgIpc) is 3.65. The van der Waals surface area contributed by atoms with Crippen LogP contribution in [0.2, 0.25) is 0 Å². The lowest BCUT2D eigenvalue weighted by Crippen LogP contribution is -2.27. The van der Waals surface area contributed by atoms with E-state index in [9.17, 15) is 14.7 Å². The van der Waals surface area contributed by atoms with Crippen molar-refractivity contribution in [3.05, 3.63) is 113 Å². The fourth-order valence-corrected chi connectivity index (χ4v) is 4.93. The van der Waals surface area contributed by atoms with E-state index in [0.717, 1.165) is 33.5 Å². The third-order valence-electron chi connectivity index (χ3n) is 5.93. The van der Waals surface area contributed by atoms with Gasteiger partial charge in [0.05, 0.1) is 34.7 Å². The Kier molecular flexibility index (Phi) is 6.06. The molecular formula is C28H20N6O3S. The summed E-state index contributed by atoms with van der Waals surface area (Å²) in [6.07, 6.45) is 5.19. The van der Waals surface area contributed by atoms with Crippen molar-refractivity contribution in [3.8, 4) is 28.4 Å². The van der Waals surface area contributed by atoms with Crippen molar-refractivity contribution in [1.29, 1.82) is 0 Å². The number of aromatic hydroxyl groups is 1. The molecule has 0 spiro atoms. The zero-order chi connectivity index (χ0) is 26.1. The van der Waals surface area contributed by atoms with Gasteiger partial charge in [-0.2, -0.15) is 5.10 Å². The molecule has 1 aliphatic heterocycles. The topological polar surface area (TPSA) is 106 Å². The van der Waals surface area contributed by atoms with Crippen LogP contribution >= 0.6 is 11.8 Å². The molecule has 0 aliphatic carbocycles. The van der Waals surface area contributed by atoms with Crippen molar-refractivity contribution in [1.82, 2.24) is 29.7 Å². The minimum absolute atomic E-state index is 0.0182. The molecule has 1 N–H and O–H groups in total. The zero-order valence-electron chi connectivity index (χ0n) is 19.9. The molecule has 186 valence electrons. The maximum atomic E-state index is 13.3. The summed E-state index contributed by atoms with van der Waals surface area (Å²) in [6, 6.07) is 25.9. The van der Waals surface area contributed by atoms with Crippen molar-refractivity contribution in [2.24, 2.45) is 0 Å². The van der Waals surface area contributed by atoms with E-state index in [1.54, 1.807) is 41.2 Å². The van der Waals surface area contributed by atoms with Gasteiger partial charge in [0.2, 0.25) is 0 Å². The van der Waals surface area contributed by atoms with Crippen LogP contribution in [0.4, 0.5) is 4.79 Å². The van der Waals surface area contributed by atoms with Gasteiger partial charge >= 0.3 is 0 Å². The molecule has 10 heteroatoms. The Morgan fingerprint density at radius 1 is 0.842 bits per heavy atom. The van der Waals surface area contributed by atoms with Crippen LogP contribution < -0.4 is 0 Å². The normalized spacial score (nSPS) is 14.5. The number of rotatable bonds is 6. The molecule has 1 aliphatic rings. The molecule has 2 amide bonds. The first kappa shape index (κ1) is 23.4. The molecule has 1 fully saturated rings. The minimum Gasteiger partial charge on any atom is -0.508 e. The number of phenols is 1. The maximum absolute atomic E-state index is 13.3.